The second-order valence-corrected chi connectivity index (χ2v) is 5.06. The highest BCUT2D eigenvalue weighted by atomic mass is 35.5. The molecule has 4 nitrogen and oxygen atoms in total. The van der Waals surface area contributed by atoms with E-state index in [4.69, 9.17) is 11.6 Å². The highest BCUT2D eigenvalue weighted by Gasteiger charge is 2.35. The van der Waals surface area contributed by atoms with Gasteiger partial charge in [0.1, 0.15) is 15.9 Å². The first kappa shape index (κ1) is 14.9. The van der Waals surface area contributed by atoms with Crippen LogP contribution >= 0.6 is 23.4 Å². The smallest absolute Gasteiger partial charge is 0.373 e. The Labute approximate surface area is 121 Å². The van der Waals surface area contributed by atoms with Gasteiger partial charge in [0, 0.05) is 19.3 Å². The van der Waals surface area contributed by atoms with Crippen molar-refractivity contribution in [2.24, 2.45) is 0 Å². The maximum atomic E-state index is 12.7. The van der Waals surface area contributed by atoms with Crippen LogP contribution in [-0.4, -0.2) is 22.0 Å². The van der Waals surface area contributed by atoms with Crippen LogP contribution in [0.1, 0.15) is 5.82 Å². The summed E-state index contributed by atoms with van der Waals surface area (Å²) in [4.78, 5) is 10.9. The van der Waals surface area contributed by atoms with E-state index in [1.807, 2.05) is 0 Å². The summed E-state index contributed by atoms with van der Waals surface area (Å²) in [7, 11) is 1.48. The third-order valence-electron chi connectivity index (χ3n) is 2.12. The highest BCUT2D eigenvalue weighted by Crippen LogP contribution is 2.31. The number of alkyl halides is 3. The van der Waals surface area contributed by atoms with E-state index in [1.54, 1.807) is 12.1 Å². The number of nitrogens with one attached hydrogen (secondary N) is 1. The Morgan fingerprint density at radius 3 is 2.50 bits per heavy atom. The molecule has 0 amide bonds. The summed E-state index contributed by atoms with van der Waals surface area (Å²) < 4.78 is 38.0. The number of aromatic nitrogens is 3. The Bertz CT molecular complexity index is 604. The fourth-order valence-corrected chi connectivity index (χ4v) is 2.13. The number of hydrogen-bond acceptors (Lipinski definition) is 5. The molecule has 106 valence electrons. The first-order chi connectivity index (χ1) is 9.38. The molecule has 9 heteroatoms. The van der Waals surface area contributed by atoms with Crippen molar-refractivity contribution >= 4 is 29.2 Å². The van der Waals surface area contributed by atoms with E-state index >= 15 is 0 Å². The van der Waals surface area contributed by atoms with E-state index in [9.17, 15) is 13.2 Å². The van der Waals surface area contributed by atoms with Crippen LogP contribution in [0.3, 0.4) is 0 Å². The molecular formula is C11H8ClF3N4S. The van der Waals surface area contributed by atoms with Crippen LogP contribution in [0.5, 0.6) is 0 Å². The minimum atomic E-state index is -4.60. The molecule has 1 N–H and O–H groups in total. The van der Waals surface area contributed by atoms with Crippen LogP contribution in [0.4, 0.5) is 19.0 Å². The van der Waals surface area contributed by atoms with Gasteiger partial charge >= 0.3 is 6.18 Å². The molecule has 0 spiro atoms. The second kappa shape index (κ2) is 5.84. The van der Waals surface area contributed by atoms with E-state index in [0.717, 1.165) is 11.8 Å². The molecule has 0 saturated heterocycles. The summed E-state index contributed by atoms with van der Waals surface area (Å²) in [5.74, 6) is -1.11. The molecular weight excluding hydrogens is 313 g/mol. The Kier molecular flexibility index (Phi) is 4.34. The first-order valence-corrected chi connectivity index (χ1v) is 6.51. The van der Waals surface area contributed by atoms with Gasteiger partial charge in [-0.1, -0.05) is 11.6 Å². The molecule has 0 aliphatic heterocycles. The molecule has 0 unspecified atom stereocenters. The maximum Gasteiger partial charge on any atom is 0.451 e. The fraction of sp³-hybridized carbons (Fsp3) is 0.182. The maximum absolute atomic E-state index is 12.7. The quantitative estimate of drug-likeness (QED) is 0.873. The van der Waals surface area contributed by atoms with Crippen LogP contribution < -0.4 is 5.32 Å². The molecule has 0 fully saturated rings. The largest absolute Gasteiger partial charge is 0.451 e. The van der Waals surface area contributed by atoms with Gasteiger partial charge in [-0.2, -0.15) is 13.2 Å². The van der Waals surface area contributed by atoms with Gasteiger partial charge in [0.2, 0.25) is 5.82 Å². The van der Waals surface area contributed by atoms with Crippen molar-refractivity contribution in [3.05, 3.63) is 35.2 Å². The van der Waals surface area contributed by atoms with E-state index < -0.39 is 12.0 Å². The molecule has 20 heavy (non-hydrogen) atoms. The first-order valence-electron chi connectivity index (χ1n) is 5.32. The second-order valence-electron chi connectivity index (χ2n) is 3.58. The van der Waals surface area contributed by atoms with Gasteiger partial charge in [0.05, 0.1) is 5.02 Å². The molecule has 2 aromatic heterocycles. The van der Waals surface area contributed by atoms with E-state index in [2.05, 4.69) is 20.3 Å². The summed E-state index contributed by atoms with van der Waals surface area (Å²) in [6, 6.07) is 4.61. The van der Waals surface area contributed by atoms with Crippen LogP contribution in [-0.2, 0) is 6.18 Å². The lowest BCUT2D eigenvalue weighted by atomic mass is 10.5. The summed E-state index contributed by atoms with van der Waals surface area (Å²) in [5, 5.41) is 3.65. The van der Waals surface area contributed by atoms with Crippen LogP contribution in [0.2, 0.25) is 5.02 Å². The lowest BCUT2D eigenvalue weighted by Crippen LogP contribution is -2.12. The predicted molar refractivity (Wildman–Crippen MR) is 70.0 cm³/mol. The van der Waals surface area contributed by atoms with Crippen molar-refractivity contribution in [2.45, 2.75) is 16.2 Å². The van der Waals surface area contributed by atoms with E-state index in [0.29, 0.717) is 10.0 Å². The lowest BCUT2D eigenvalue weighted by molar-refractivity contribution is -0.145. The third-order valence-corrected chi connectivity index (χ3v) is 3.21. The van der Waals surface area contributed by atoms with Gasteiger partial charge in [0.25, 0.3) is 0 Å². The zero-order valence-corrected chi connectivity index (χ0v) is 11.6. The molecule has 0 aliphatic carbocycles. The highest BCUT2D eigenvalue weighted by molar-refractivity contribution is 7.99. The van der Waals surface area contributed by atoms with Crippen molar-refractivity contribution in [3.63, 3.8) is 0 Å². The van der Waals surface area contributed by atoms with Gasteiger partial charge < -0.3 is 5.32 Å². The van der Waals surface area contributed by atoms with Crippen molar-refractivity contribution < 1.29 is 13.2 Å². The SMILES string of the molecule is CNc1cc(Sc2ccc(Cl)cn2)nc(C(F)(F)F)n1. The average molecular weight is 321 g/mol. The van der Waals surface area contributed by atoms with Crippen molar-refractivity contribution in [2.75, 3.05) is 12.4 Å². The zero-order valence-electron chi connectivity index (χ0n) is 10.1. The Morgan fingerprint density at radius 2 is 1.95 bits per heavy atom. The molecule has 2 rings (SSSR count). The van der Waals surface area contributed by atoms with Crippen molar-refractivity contribution in [1.82, 2.24) is 15.0 Å². The number of hydrogen-bond donors (Lipinski definition) is 1. The predicted octanol–water partition coefficient (Wildman–Crippen LogP) is 3.74. The van der Waals surface area contributed by atoms with Gasteiger partial charge in [-0.15, -0.1) is 0 Å². The summed E-state index contributed by atoms with van der Waals surface area (Å²) in [6.07, 6.45) is -3.19. The number of nitrogens with zero attached hydrogens (tertiary/aromatic N) is 3. The van der Waals surface area contributed by atoms with E-state index in [1.165, 1.54) is 19.3 Å². The molecule has 0 aromatic carbocycles. The lowest BCUT2D eigenvalue weighted by Gasteiger charge is -2.09. The van der Waals surface area contributed by atoms with Gasteiger partial charge in [0.15, 0.2) is 0 Å². The molecule has 0 saturated carbocycles. The number of halogens is 4. The minimum Gasteiger partial charge on any atom is -0.373 e. The summed E-state index contributed by atoms with van der Waals surface area (Å²) >= 11 is 6.69. The van der Waals surface area contributed by atoms with Gasteiger partial charge in [-0.25, -0.2) is 15.0 Å². The number of pyridine rings is 1. The molecule has 0 aliphatic rings. The average Bonchev–Trinajstić information content (AvgIpc) is 2.40. The molecule has 0 bridgehead atoms. The van der Waals surface area contributed by atoms with E-state index in [-0.39, 0.29) is 10.8 Å². The molecule has 0 radical (unpaired) electrons. The Hall–Kier alpha value is -1.54. The topological polar surface area (TPSA) is 50.7 Å². The van der Waals surface area contributed by atoms with Crippen LogP contribution in [0.15, 0.2) is 34.4 Å². The molecule has 0 atom stereocenters. The van der Waals surface area contributed by atoms with Crippen LogP contribution in [0.25, 0.3) is 0 Å². The molecule has 2 aromatic rings. The normalized spacial score (nSPS) is 11.4. The summed E-state index contributed by atoms with van der Waals surface area (Å²) in [6.45, 7) is 0. The van der Waals surface area contributed by atoms with Crippen molar-refractivity contribution in [3.8, 4) is 0 Å². The Morgan fingerprint density at radius 1 is 1.20 bits per heavy atom. The van der Waals surface area contributed by atoms with Gasteiger partial charge in [-0.3, -0.25) is 0 Å². The fourth-order valence-electron chi connectivity index (χ4n) is 1.26. The van der Waals surface area contributed by atoms with Crippen molar-refractivity contribution in [1.29, 1.82) is 0 Å². The monoisotopic (exact) mass is 320 g/mol. The molecule has 2 heterocycles. The standard InChI is InChI=1S/C11H8ClF3N4S/c1-16-7-4-9(19-10(18-7)11(13,14)15)20-8-3-2-6(12)5-17-8/h2-5H,1H3,(H,16,18,19). The third kappa shape index (κ3) is 3.73. The zero-order chi connectivity index (χ0) is 14.8. The number of anilines is 1. The summed E-state index contributed by atoms with van der Waals surface area (Å²) in [5.41, 5.74) is 0. The Balaban J connectivity index is 2.33. The number of rotatable bonds is 3. The minimum absolute atomic E-state index is 0.0868. The van der Waals surface area contributed by atoms with Gasteiger partial charge in [-0.05, 0) is 23.9 Å². The van der Waals surface area contributed by atoms with Crippen LogP contribution in [0, 0.1) is 0 Å².